The summed E-state index contributed by atoms with van der Waals surface area (Å²) < 4.78 is -0.392. The molecule has 1 rings (SSSR count). The van der Waals surface area contributed by atoms with Gasteiger partial charge in [0.25, 0.3) is 0 Å². The predicted octanol–water partition coefficient (Wildman–Crippen LogP) is 4.15. The maximum atomic E-state index is 6.07. The Bertz CT molecular complexity index is 142. The first-order valence-corrected chi connectivity index (χ1v) is 5.21. The van der Waals surface area contributed by atoms with E-state index in [1.807, 2.05) is 0 Å². The highest BCUT2D eigenvalue weighted by molar-refractivity contribution is 6.51. The van der Waals surface area contributed by atoms with Crippen LogP contribution in [0.5, 0.6) is 0 Å². The molecule has 66 valence electrons. The van der Waals surface area contributed by atoms with Gasteiger partial charge in [0, 0.05) is 5.41 Å². The Morgan fingerprint density at radius 3 is 2.09 bits per heavy atom. The normalized spacial score (nSPS) is 33.8. The Morgan fingerprint density at radius 1 is 1.27 bits per heavy atom. The quantitative estimate of drug-likeness (QED) is 0.591. The summed E-state index contributed by atoms with van der Waals surface area (Å²) in [5, 5.41) is 0. The molecule has 0 aromatic heterocycles. The van der Waals surface area contributed by atoms with Crippen LogP contribution < -0.4 is 0 Å². The standard InChI is InChI=1S/C9H16Cl2/c1-3-5-6-8(4-2)7-9(8,10)11/h3-7H2,1-2H3. The Labute approximate surface area is 79.3 Å². The number of hydrogen-bond acceptors (Lipinski definition) is 0. The van der Waals surface area contributed by atoms with Crippen molar-refractivity contribution in [3.05, 3.63) is 0 Å². The zero-order valence-corrected chi connectivity index (χ0v) is 8.80. The summed E-state index contributed by atoms with van der Waals surface area (Å²) in [6, 6.07) is 0. The third kappa shape index (κ3) is 1.67. The minimum Gasteiger partial charge on any atom is -0.101 e. The van der Waals surface area contributed by atoms with Gasteiger partial charge < -0.3 is 0 Å². The monoisotopic (exact) mass is 194 g/mol. The molecule has 1 aliphatic carbocycles. The van der Waals surface area contributed by atoms with Crippen molar-refractivity contribution in [3.8, 4) is 0 Å². The zero-order valence-electron chi connectivity index (χ0n) is 7.29. The second-order valence-electron chi connectivity index (χ2n) is 3.62. The van der Waals surface area contributed by atoms with Crippen molar-refractivity contribution in [2.24, 2.45) is 5.41 Å². The van der Waals surface area contributed by atoms with Gasteiger partial charge >= 0.3 is 0 Å². The molecule has 0 aromatic carbocycles. The highest BCUT2D eigenvalue weighted by Crippen LogP contribution is 2.68. The maximum absolute atomic E-state index is 6.07. The van der Waals surface area contributed by atoms with Crippen molar-refractivity contribution in [1.82, 2.24) is 0 Å². The number of halogens is 2. The smallest absolute Gasteiger partial charge is 0.101 e. The zero-order chi connectivity index (χ0) is 8.54. The molecule has 1 aliphatic rings. The highest BCUT2D eigenvalue weighted by atomic mass is 35.5. The van der Waals surface area contributed by atoms with Crippen molar-refractivity contribution in [2.45, 2.75) is 50.3 Å². The largest absolute Gasteiger partial charge is 0.124 e. The Hall–Kier alpha value is 0.580. The van der Waals surface area contributed by atoms with Crippen LogP contribution in [0.3, 0.4) is 0 Å². The van der Waals surface area contributed by atoms with Gasteiger partial charge in [-0.05, 0) is 19.3 Å². The third-order valence-corrected chi connectivity index (χ3v) is 3.97. The van der Waals surface area contributed by atoms with Gasteiger partial charge in [0.05, 0.1) is 0 Å². The van der Waals surface area contributed by atoms with Gasteiger partial charge in [-0.25, -0.2) is 0 Å². The lowest BCUT2D eigenvalue weighted by Gasteiger charge is -2.14. The average Bonchev–Trinajstić information content (AvgIpc) is 2.50. The molecule has 0 heterocycles. The van der Waals surface area contributed by atoms with Crippen LogP contribution in [0.4, 0.5) is 0 Å². The van der Waals surface area contributed by atoms with Gasteiger partial charge in [-0.1, -0.05) is 26.7 Å². The van der Waals surface area contributed by atoms with Gasteiger partial charge in [0.2, 0.25) is 0 Å². The molecule has 0 saturated heterocycles. The van der Waals surface area contributed by atoms with E-state index in [4.69, 9.17) is 23.2 Å². The number of unbranched alkanes of at least 4 members (excludes halogenated alkanes) is 1. The molecule has 0 amide bonds. The van der Waals surface area contributed by atoms with E-state index in [1.165, 1.54) is 19.3 Å². The van der Waals surface area contributed by atoms with Gasteiger partial charge in [-0.2, -0.15) is 0 Å². The van der Waals surface area contributed by atoms with E-state index >= 15 is 0 Å². The Morgan fingerprint density at radius 2 is 1.82 bits per heavy atom. The van der Waals surface area contributed by atoms with Crippen LogP contribution in [-0.2, 0) is 0 Å². The van der Waals surface area contributed by atoms with Gasteiger partial charge in [0.1, 0.15) is 4.33 Å². The fourth-order valence-corrected chi connectivity index (χ4v) is 2.70. The van der Waals surface area contributed by atoms with Crippen molar-refractivity contribution < 1.29 is 0 Å². The molecule has 1 saturated carbocycles. The van der Waals surface area contributed by atoms with Crippen LogP contribution in [0.1, 0.15) is 46.0 Å². The topological polar surface area (TPSA) is 0 Å². The number of rotatable bonds is 4. The van der Waals surface area contributed by atoms with Crippen LogP contribution >= 0.6 is 23.2 Å². The lowest BCUT2D eigenvalue weighted by Crippen LogP contribution is -2.07. The fourth-order valence-electron chi connectivity index (χ4n) is 1.73. The van der Waals surface area contributed by atoms with E-state index in [1.54, 1.807) is 0 Å². The molecule has 1 fully saturated rings. The molecule has 0 aliphatic heterocycles. The van der Waals surface area contributed by atoms with E-state index < -0.39 is 4.33 Å². The van der Waals surface area contributed by atoms with Gasteiger partial charge in [-0.15, -0.1) is 23.2 Å². The second-order valence-corrected chi connectivity index (χ2v) is 5.10. The summed E-state index contributed by atoms with van der Waals surface area (Å²) in [5.41, 5.74) is 0.270. The molecular formula is C9H16Cl2. The van der Waals surface area contributed by atoms with Crippen LogP contribution in [0.2, 0.25) is 0 Å². The maximum Gasteiger partial charge on any atom is 0.124 e. The first-order chi connectivity index (χ1) is 5.08. The highest BCUT2D eigenvalue weighted by Gasteiger charge is 2.63. The van der Waals surface area contributed by atoms with Crippen molar-refractivity contribution in [3.63, 3.8) is 0 Å². The minimum atomic E-state index is -0.392. The van der Waals surface area contributed by atoms with Crippen LogP contribution in [0, 0.1) is 5.41 Å². The first-order valence-electron chi connectivity index (χ1n) is 4.46. The Kier molecular flexibility index (Phi) is 2.76. The molecule has 0 N–H and O–H groups in total. The average molecular weight is 195 g/mol. The molecule has 0 nitrogen and oxygen atoms in total. The molecule has 11 heavy (non-hydrogen) atoms. The summed E-state index contributed by atoms with van der Waals surface area (Å²) in [4.78, 5) is 0. The first kappa shape index (κ1) is 9.67. The fraction of sp³-hybridized carbons (Fsp3) is 1.00. The molecule has 1 atom stereocenters. The summed E-state index contributed by atoms with van der Waals surface area (Å²) in [6.07, 6.45) is 5.83. The summed E-state index contributed by atoms with van der Waals surface area (Å²) in [5.74, 6) is 0. The van der Waals surface area contributed by atoms with Crippen LogP contribution in [0.25, 0.3) is 0 Å². The predicted molar refractivity (Wildman–Crippen MR) is 51.3 cm³/mol. The lowest BCUT2D eigenvalue weighted by molar-refractivity contribution is 0.424. The molecule has 0 spiro atoms. The van der Waals surface area contributed by atoms with E-state index in [-0.39, 0.29) is 5.41 Å². The van der Waals surface area contributed by atoms with Crippen molar-refractivity contribution in [1.29, 1.82) is 0 Å². The third-order valence-electron chi connectivity index (χ3n) is 2.90. The van der Waals surface area contributed by atoms with Crippen molar-refractivity contribution in [2.75, 3.05) is 0 Å². The summed E-state index contributed by atoms with van der Waals surface area (Å²) >= 11 is 12.1. The van der Waals surface area contributed by atoms with E-state index in [9.17, 15) is 0 Å². The molecule has 2 heteroatoms. The molecule has 1 unspecified atom stereocenters. The molecule has 0 bridgehead atoms. The van der Waals surface area contributed by atoms with Crippen LogP contribution in [-0.4, -0.2) is 4.33 Å². The minimum absolute atomic E-state index is 0.270. The van der Waals surface area contributed by atoms with Gasteiger partial charge in [0.15, 0.2) is 0 Å². The number of alkyl halides is 2. The molecule has 0 radical (unpaired) electrons. The van der Waals surface area contributed by atoms with E-state index in [0.717, 1.165) is 12.8 Å². The summed E-state index contributed by atoms with van der Waals surface area (Å²) in [7, 11) is 0. The second kappa shape index (κ2) is 3.14. The van der Waals surface area contributed by atoms with Crippen LogP contribution in [0.15, 0.2) is 0 Å². The molecule has 0 aromatic rings. The number of hydrogen-bond donors (Lipinski definition) is 0. The van der Waals surface area contributed by atoms with E-state index in [2.05, 4.69) is 13.8 Å². The Balaban J connectivity index is 2.40. The summed E-state index contributed by atoms with van der Waals surface area (Å²) in [6.45, 7) is 4.39. The molecular weight excluding hydrogens is 179 g/mol. The van der Waals surface area contributed by atoms with Crippen molar-refractivity contribution >= 4 is 23.2 Å². The SMILES string of the molecule is CCCCC1(CC)CC1(Cl)Cl. The van der Waals surface area contributed by atoms with Gasteiger partial charge in [-0.3, -0.25) is 0 Å². The lowest BCUT2D eigenvalue weighted by atomic mass is 9.96. The van der Waals surface area contributed by atoms with E-state index in [0.29, 0.717) is 0 Å².